The van der Waals surface area contributed by atoms with E-state index in [-0.39, 0.29) is 5.91 Å². The Labute approximate surface area is 177 Å². The van der Waals surface area contributed by atoms with Crippen LogP contribution in [0, 0.1) is 34.6 Å². The minimum Gasteiger partial charge on any atom is -0.322 e. The third-order valence-corrected chi connectivity index (χ3v) is 5.32. The molecule has 30 heavy (non-hydrogen) atoms. The highest BCUT2D eigenvalue weighted by Gasteiger charge is 2.16. The van der Waals surface area contributed by atoms with Crippen LogP contribution in [-0.4, -0.2) is 10.9 Å². The molecule has 0 aliphatic rings. The second-order valence-corrected chi connectivity index (χ2v) is 8.23. The second kappa shape index (κ2) is 7.75. The molecule has 3 aromatic carbocycles. The third kappa shape index (κ3) is 3.97. The van der Waals surface area contributed by atoms with Crippen LogP contribution in [-0.2, 0) is 0 Å². The van der Waals surface area contributed by atoms with Gasteiger partial charge in [0.1, 0.15) is 0 Å². The molecule has 0 saturated carbocycles. The largest absolute Gasteiger partial charge is 0.322 e. The zero-order chi connectivity index (χ0) is 21.4. The van der Waals surface area contributed by atoms with Gasteiger partial charge in [0.25, 0.3) is 5.91 Å². The van der Waals surface area contributed by atoms with Crippen LogP contribution in [0.25, 0.3) is 22.2 Å². The van der Waals surface area contributed by atoms with Crippen LogP contribution in [0.4, 0.5) is 5.69 Å². The van der Waals surface area contributed by atoms with E-state index in [0.29, 0.717) is 5.56 Å². The first kappa shape index (κ1) is 19.8. The number of pyridine rings is 1. The smallest absolute Gasteiger partial charge is 0.256 e. The molecule has 0 atom stereocenters. The average Bonchev–Trinajstić information content (AvgIpc) is 2.67. The average molecular weight is 395 g/mol. The maximum atomic E-state index is 13.4. The van der Waals surface area contributed by atoms with Crippen molar-refractivity contribution in [1.82, 2.24) is 4.98 Å². The molecule has 150 valence electrons. The van der Waals surface area contributed by atoms with Gasteiger partial charge in [-0.15, -0.1) is 0 Å². The molecule has 0 aliphatic heterocycles. The van der Waals surface area contributed by atoms with Crippen LogP contribution < -0.4 is 5.32 Å². The molecular weight excluding hydrogens is 368 g/mol. The summed E-state index contributed by atoms with van der Waals surface area (Å²) < 4.78 is 0. The first-order valence-electron chi connectivity index (χ1n) is 10.2. The maximum Gasteiger partial charge on any atom is 0.256 e. The molecule has 1 aromatic heterocycles. The van der Waals surface area contributed by atoms with E-state index in [0.717, 1.165) is 50.1 Å². The van der Waals surface area contributed by atoms with E-state index in [9.17, 15) is 4.79 Å². The summed E-state index contributed by atoms with van der Waals surface area (Å²) in [5.41, 5.74) is 9.75. The topological polar surface area (TPSA) is 42.0 Å². The fourth-order valence-corrected chi connectivity index (χ4v) is 3.99. The molecule has 3 nitrogen and oxygen atoms in total. The minimum absolute atomic E-state index is 0.120. The number of aryl methyl sites for hydroxylation is 5. The number of carbonyl (C=O) groups excluding carboxylic acids is 1. The highest BCUT2D eigenvalue weighted by Crippen LogP contribution is 2.29. The van der Waals surface area contributed by atoms with Gasteiger partial charge in [-0.25, -0.2) is 4.98 Å². The normalized spacial score (nSPS) is 11.0. The van der Waals surface area contributed by atoms with Crippen molar-refractivity contribution in [2.75, 3.05) is 5.32 Å². The monoisotopic (exact) mass is 394 g/mol. The molecule has 1 amide bonds. The van der Waals surface area contributed by atoms with Gasteiger partial charge in [0, 0.05) is 16.6 Å². The Bertz CT molecular complexity index is 1250. The first-order valence-corrected chi connectivity index (χ1v) is 10.2. The molecule has 0 radical (unpaired) electrons. The molecule has 4 aromatic rings. The highest BCUT2D eigenvalue weighted by atomic mass is 16.1. The van der Waals surface area contributed by atoms with Crippen molar-refractivity contribution in [3.05, 3.63) is 94.0 Å². The second-order valence-electron chi connectivity index (χ2n) is 8.23. The Morgan fingerprint density at radius 2 is 1.37 bits per heavy atom. The van der Waals surface area contributed by atoms with Gasteiger partial charge in [0.15, 0.2) is 0 Å². The number of nitrogens with one attached hydrogen (secondary N) is 1. The van der Waals surface area contributed by atoms with E-state index >= 15 is 0 Å². The molecule has 1 heterocycles. The quantitative estimate of drug-likeness (QED) is 0.420. The molecule has 0 saturated heterocycles. The van der Waals surface area contributed by atoms with E-state index in [2.05, 4.69) is 48.6 Å². The highest BCUT2D eigenvalue weighted by molar-refractivity contribution is 6.13. The number of fused-ring (bicyclic) bond motifs is 1. The van der Waals surface area contributed by atoms with Gasteiger partial charge < -0.3 is 5.32 Å². The lowest BCUT2D eigenvalue weighted by molar-refractivity contribution is 0.102. The molecule has 0 spiro atoms. The summed E-state index contributed by atoms with van der Waals surface area (Å²) in [6.07, 6.45) is 0. The lowest BCUT2D eigenvalue weighted by Crippen LogP contribution is -2.13. The molecule has 0 fully saturated rings. The Balaban J connectivity index is 1.87. The summed E-state index contributed by atoms with van der Waals surface area (Å²) >= 11 is 0. The van der Waals surface area contributed by atoms with Crippen molar-refractivity contribution >= 4 is 22.5 Å². The van der Waals surface area contributed by atoms with Crippen molar-refractivity contribution in [2.24, 2.45) is 0 Å². The Kier molecular flexibility index (Phi) is 5.13. The minimum atomic E-state index is -0.120. The standard InChI is InChI=1S/C27H26N2O/c1-16-6-8-21(9-7-16)25-15-24(23-14-19(4)11-20(5)26(23)29-25)27(30)28-22-12-17(2)10-18(3)13-22/h6-15H,1-5H3,(H,28,30). The Morgan fingerprint density at radius 3 is 2.03 bits per heavy atom. The summed E-state index contributed by atoms with van der Waals surface area (Å²) in [5, 5.41) is 3.97. The molecule has 0 bridgehead atoms. The number of anilines is 1. The van der Waals surface area contributed by atoms with Crippen molar-refractivity contribution in [2.45, 2.75) is 34.6 Å². The van der Waals surface area contributed by atoms with Gasteiger partial charge in [-0.2, -0.15) is 0 Å². The van der Waals surface area contributed by atoms with Crippen LogP contribution >= 0.6 is 0 Å². The number of nitrogens with zero attached hydrogens (tertiary/aromatic N) is 1. The van der Waals surface area contributed by atoms with Crippen molar-refractivity contribution in [1.29, 1.82) is 0 Å². The van der Waals surface area contributed by atoms with Crippen LogP contribution in [0.5, 0.6) is 0 Å². The van der Waals surface area contributed by atoms with Crippen LogP contribution in [0.1, 0.15) is 38.2 Å². The summed E-state index contributed by atoms with van der Waals surface area (Å²) in [4.78, 5) is 18.3. The first-order chi connectivity index (χ1) is 14.3. The Morgan fingerprint density at radius 1 is 0.733 bits per heavy atom. The van der Waals surface area contributed by atoms with Gasteiger partial charge in [-0.1, -0.05) is 47.5 Å². The summed E-state index contributed by atoms with van der Waals surface area (Å²) in [5.74, 6) is -0.120. The van der Waals surface area contributed by atoms with E-state index in [1.54, 1.807) is 0 Å². The zero-order valence-corrected chi connectivity index (χ0v) is 18.1. The number of hydrogen-bond donors (Lipinski definition) is 1. The van der Waals surface area contributed by atoms with Gasteiger partial charge >= 0.3 is 0 Å². The number of aromatic nitrogens is 1. The number of hydrogen-bond acceptors (Lipinski definition) is 2. The fraction of sp³-hybridized carbons (Fsp3) is 0.185. The summed E-state index contributed by atoms with van der Waals surface area (Å²) in [6, 6.07) is 20.4. The van der Waals surface area contributed by atoms with Crippen LogP contribution in [0.2, 0.25) is 0 Å². The molecule has 0 aliphatic carbocycles. The lowest BCUT2D eigenvalue weighted by atomic mass is 9.99. The molecule has 4 rings (SSSR count). The maximum absolute atomic E-state index is 13.4. The third-order valence-electron chi connectivity index (χ3n) is 5.32. The van der Waals surface area contributed by atoms with E-state index in [1.165, 1.54) is 5.56 Å². The van der Waals surface area contributed by atoms with Crippen LogP contribution in [0.3, 0.4) is 0 Å². The van der Waals surface area contributed by atoms with Crippen molar-refractivity contribution in [3.63, 3.8) is 0 Å². The number of rotatable bonds is 3. The molecule has 0 unspecified atom stereocenters. The van der Waals surface area contributed by atoms with E-state index < -0.39 is 0 Å². The Hall–Kier alpha value is -3.46. The summed E-state index contributed by atoms with van der Waals surface area (Å²) in [7, 11) is 0. The number of carbonyl (C=O) groups is 1. The SMILES string of the molecule is Cc1ccc(-c2cc(C(=O)Nc3cc(C)cc(C)c3)c3cc(C)cc(C)c3n2)cc1. The van der Waals surface area contributed by atoms with Crippen LogP contribution in [0.15, 0.2) is 60.7 Å². The van der Waals surface area contributed by atoms with Gasteiger partial charge in [-0.05, 0) is 75.6 Å². The van der Waals surface area contributed by atoms with E-state index in [4.69, 9.17) is 4.98 Å². The molecule has 3 heteroatoms. The van der Waals surface area contributed by atoms with Gasteiger partial charge in [0.05, 0.1) is 16.8 Å². The van der Waals surface area contributed by atoms with Crippen molar-refractivity contribution < 1.29 is 4.79 Å². The number of benzene rings is 3. The van der Waals surface area contributed by atoms with Crippen molar-refractivity contribution in [3.8, 4) is 11.3 Å². The number of amides is 1. The molecule has 1 N–H and O–H groups in total. The lowest BCUT2D eigenvalue weighted by Gasteiger charge is -2.14. The van der Waals surface area contributed by atoms with Gasteiger partial charge in [-0.3, -0.25) is 4.79 Å². The van der Waals surface area contributed by atoms with E-state index in [1.807, 2.05) is 52.0 Å². The fourth-order valence-electron chi connectivity index (χ4n) is 3.99. The predicted molar refractivity (Wildman–Crippen MR) is 125 cm³/mol. The summed E-state index contributed by atoms with van der Waals surface area (Å²) in [6.45, 7) is 10.2. The predicted octanol–water partition coefficient (Wildman–Crippen LogP) is 6.70. The molecular formula is C27H26N2O. The zero-order valence-electron chi connectivity index (χ0n) is 18.1. The van der Waals surface area contributed by atoms with Gasteiger partial charge in [0.2, 0.25) is 0 Å².